The van der Waals surface area contributed by atoms with Gasteiger partial charge in [0.15, 0.2) is 0 Å². The van der Waals surface area contributed by atoms with Crippen LogP contribution >= 0.6 is 0 Å². The predicted octanol–water partition coefficient (Wildman–Crippen LogP) is 1.69. The van der Waals surface area contributed by atoms with Crippen molar-refractivity contribution in [2.24, 2.45) is 5.92 Å². The molecule has 3 heterocycles. The number of fused-ring (bicyclic) bond motifs is 1. The molecular weight excluding hydrogens is 402 g/mol. The van der Waals surface area contributed by atoms with Crippen LogP contribution in [0.5, 0.6) is 0 Å². The number of likely N-dealkylation sites (tertiary alicyclic amines) is 1. The monoisotopic (exact) mass is 437 g/mol. The van der Waals surface area contributed by atoms with Gasteiger partial charge in [-0.2, -0.15) is 17.0 Å². The number of hydrogen-bond acceptors (Lipinski definition) is 5. The zero-order valence-electron chi connectivity index (χ0n) is 18.4. The Morgan fingerprint density at radius 3 is 2.53 bits per heavy atom. The fourth-order valence-electron chi connectivity index (χ4n) is 5.21. The van der Waals surface area contributed by atoms with Gasteiger partial charge in [0, 0.05) is 52.1 Å². The van der Waals surface area contributed by atoms with Crippen molar-refractivity contribution in [2.45, 2.75) is 70.4 Å². The molecule has 0 unspecified atom stereocenters. The lowest BCUT2D eigenvalue weighted by Gasteiger charge is -2.41. The lowest BCUT2D eigenvalue weighted by molar-refractivity contribution is 0.105. The maximum atomic E-state index is 12.8. The Hall–Kier alpha value is -1.29. The van der Waals surface area contributed by atoms with Gasteiger partial charge in [0.05, 0.1) is 11.3 Å². The lowest BCUT2D eigenvalue weighted by atomic mass is 9.85. The summed E-state index contributed by atoms with van der Waals surface area (Å²) in [6.07, 6.45) is 7.83. The second kappa shape index (κ2) is 8.68. The molecular formula is C21H35N5O3S. The zero-order valence-corrected chi connectivity index (χ0v) is 19.2. The molecule has 2 aliphatic heterocycles. The Morgan fingerprint density at radius 1 is 1.10 bits per heavy atom. The van der Waals surface area contributed by atoms with E-state index in [1.54, 1.807) is 0 Å². The minimum atomic E-state index is -3.53. The Labute approximate surface area is 179 Å². The van der Waals surface area contributed by atoms with E-state index in [2.05, 4.69) is 16.8 Å². The van der Waals surface area contributed by atoms with Crippen LogP contribution in [0.2, 0.25) is 0 Å². The minimum Gasteiger partial charge on any atom is -0.310 e. The van der Waals surface area contributed by atoms with Crippen LogP contribution in [0.25, 0.3) is 0 Å². The Morgan fingerprint density at radius 2 is 1.83 bits per heavy atom. The molecule has 0 bridgehead atoms. The van der Waals surface area contributed by atoms with Gasteiger partial charge in [-0.05, 0) is 51.0 Å². The summed E-state index contributed by atoms with van der Waals surface area (Å²) in [6, 6.07) is 0.665. The van der Waals surface area contributed by atoms with Gasteiger partial charge >= 0.3 is 0 Å². The van der Waals surface area contributed by atoms with E-state index >= 15 is 0 Å². The van der Waals surface area contributed by atoms with E-state index in [-0.39, 0.29) is 18.0 Å². The van der Waals surface area contributed by atoms with Crippen LogP contribution in [0, 0.1) is 5.92 Å². The molecule has 9 heteroatoms. The molecule has 0 spiro atoms. The smallest absolute Gasteiger partial charge is 0.281 e. The lowest BCUT2D eigenvalue weighted by Crippen LogP contribution is -2.46. The molecule has 0 aromatic carbocycles. The van der Waals surface area contributed by atoms with Crippen LogP contribution < -0.4 is 5.56 Å². The van der Waals surface area contributed by atoms with Gasteiger partial charge in [-0.15, -0.1) is 0 Å². The molecule has 4 rings (SSSR count). The van der Waals surface area contributed by atoms with Crippen LogP contribution in [0.4, 0.5) is 0 Å². The number of rotatable bonds is 4. The molecule has 8 nitrogen and oxygen atoms in total. The third-order valence-electron chi connectivity index (χ3n) is 7.18. The molecule has 1 saturated heterocycles. The molecule has 30 heavy (non-hydrogen) atoms. The molecule has 1 atom stereocenters. The number of piperidine rings is 1. The number of aromatic nitrogens is 2. The maximum absolute atomic E-state index is 12.8. The van der Waals surface area contributed by atoms with E-state index in [4.69, 9.17) is 4.98 Å². The van der Waals surface area contributed by atoms with Crippen molar-refractivity contribution < 1.29 is 8.42 Å². The third-order valence-corrected chi connectivity index (χ3v) is 9.07. The summed E-state index contributed by atoms with van der Waals surface area (Å²) in [6.45, 7) is 4.90. The number of aromatic amines is 1. The maximum Gasteiger partial charge on any atom is 0.281 e. The third kappa shape index (κ3) is 4.35. The van der Waals surface area contributed by atoms with E-state index in [1.807, 2.05) is 0 Å². The molecule has 0 radical (unpaired) electrons. The minimum absolute atomic E-state index is 0.0928. The molecule has 2 fully saturated rings. The second-order valence-corrected chi connectivity index (χ2v) is 11.6. The average Bonchev–Trinajstić information content (AvgIpc) is 2.74. The van der Waals surface area contributed by atoms with E-state index < -0.39 is 10.2 Å². The van der Waals surface area contributed by atoms with Crippen LogP contribution in [-0.2, 0) is 23.2 Å². The molecule has 1 aromatic rings. The van der Waals surface area contributed by atoms with Crippen molar-refractivity contribution in [3.63, 3.8) is 0 Å². The van der Waals surface area contributed by atoms with E-state index in [0.717, 1.165) is 43.4 Å². The first-order valence-corrected chi connectivity index (χ1v) is 12.7. The van der Waals surface area contributed by atoms with Crippen LogP contribution in [0.1, 0.15) is 68.4 Å². The summed E-state index contributed by atoms with van der Waals surface area (Å²) in [5.74, 6) is 1.88. The van der Waals surface area contributed by atoms with E-state index in [1.165, 1.54) is 48.4 Å². The summed E-state index contributed by atoms with van der Waals surface area (Å²) >= 11 is 0. The second-order valence-electron chi connectivity index (χ2n) is 9.50. The SMILES string of the molecule is CC1CCC(N2CCC[C@H](c3nc4c(c(=O)[nH]3)CN(S(=O)(=O)N(C)C)CC4)C2)CC1. The Kier molecular flexibility index (Phi) is 6.35. The van der Waals surface area contributed by atoms with Crippen molar-refractivity contribution >= 4 is 10.2 Å². The molecule has 1 aromatic heterocycles. The predicted molar refractivity (Wildman–Crippen MR) is 117 cm³/mol. The molecule has 1 aliphatic carbocycles. The highest BCUT2D eigenvalue weighted by atomic mass is 32.2. The van der Waals surface area contributed by atoms with Gasteiger partial charge in [-0.1, -0.05) is 6.92 Å². The van der Waals surface area contributed by atoms with Gasteiger partial charge in [-0.25, -0.2) is 4.98 Å². The Bertz CT molecular complexity index is 921. The summed E-state index contributed by atoms with van der Waals surface area (Å²) in [7, 11) is -0.510. The zero-order chi connectivity index (χ0) is 21.5. The van der Waals surface area contributed by atoms with Crippen LogP contribution in [0.3, 0.4) is 0 Å². The number of hydrogen-bond donors (Lipinski definition) is 1. The average molecular weight is 438 g/mol. The fraction of sp³-hybridized carbons (Fsp3) is 0.810. The van der Waals surface area contributed by atoms with Gasteiger partial charge < -0.3 is 4.98 Å². The van der Waals surface area contributed by atoms with Crippen LogP contribution in [0.15, 0.2) is 4.79 Å². The molecule has 168 valence electrons. The van der Waals surface area contributed by atoms with Crippen molar-refractivity contribution in [2.75, 3.05) is 33.7 Å². The summed E-state index contributed by atoms with van der Waals surface area (Å²) < 4.78 is 27.4. The highest BCUT2D eigenvalue weighted by Crippen LogP contribution is 2.32. The van der Waals surface area contributed by atoms with Crippen LogP contribution in [-0.4, -0.2) is 71.7 Å². The first-order valence-electron chi connectivity index (χ1n) is 11.3. The molecule has 1 N–H and O–H groups in total. The fourth-order valence-corrected chi connectivity index (χ4v) is 6.29. The molecule has 0 amide bonds. The standard InChI is InChI=1S/C21H35N5O3S/c1-15-6-8-17(9-7-15)25-11-4-5-16(13-25)20-22-19-10-12-26(30(28,29)24(2)3)14-18(19)21(27)23-20/h15-17H,4-14H2,1-3H3,(H,22,23,27)/t15?,16-,17?/m0/s1. The summed E-state index contributed by atoms with van der Waals surface area (Å²) in [5, 5.41) is 0. The van der Waals surface area contributed by atoms with Gasteiger partial charge in [-0.3, -0.25) is 9.69 Å². The van der Waals surface area contributed by atoms with Crippen molar-refractivity contribution in [1.82, 2.24) is 23.5 Å². The normalized spacial score (nSPS) is 29.1. The highest BCUT2D eigenvalue weighted by Gasteiger charge is 2.33. The van der Waals surface area contributed by atoms with Gasteiger partial charge in [0.1, 0.15) is 5.82 Å². The van der Waals surface area contributed by atoms with Gasteiger partial charge in [0.2, 0.25) is 0 Å². The van der Waals surface area contributed by atoms with E-state index in [0.29, 0.717) is 24.6 Å². The highest BCUT2D eigenvalue weighted by molar-refractivity contribution is 7.86. The summed E-state index contributed by atoms with van der Waals surface area (Å²) in [5.41, 5.74) is 1.07. The number of nitrogens with one attached hydrogen (secondary N) is 1. The largest absolute Gasteiger partial charge is 0.310 e. The van der Waals surface area contributed by atoms with Crippen molar-refractivity contribution in [1.29, 1.82) is 0 Å². The van der Waals surface area contributed by atoms with Crippen molar-refractivity contribution in [3.05, 3.63) is 27.4 Å². The quantitative estimate of drug-likeness (QED) is 0.774. The van der Waals surface area contributed by atoms with Gasteiger partial charge in [0.25, 0.3) is 15.8 Å². The van der Waals surface area contributed by atoms with E-state index in [9.17, 15) is 13.2 Å². The topological polar surface area (TPSA) is 89.6 Å². The first-order chi connectivity index (χ1) is 14.3. The number of nitrogens with zero attached hydrogens (tertiary/aromatic N) is 4. The molecule has 3 aliphatic rings. The first kappa shape index (κ1) is 21.9. The number of H-pyrrole nitrogens is 1. The summed E-state index contributed by atoms with van der Waals surface area (Å²) in [4.78, 5) is 23.3. The van der Waals surface area contributed by atoms with Crippen molar-refractivity contribution in [3.8, 4) is 0 Å². The molecule has 1 saturated carbocycles. The Balaban J connectivity index is 1.50.